The van der Waals surface area contributed by atoms with Crippen molar-refractivity contribution < 1.29 is 18.9 Å². The first-order valence-corrected chi connectivity index (χ1v) is 4.40. The minimum atomic E-state index is 0. The topological polar surface area (TPSA) is 0 Å². The Bertz CT molecular complexity index is 313. The predicted molar refractivity (Wildman–Crippen MR) is 48.6 cm³/mol. The van der Waals surface area contributed by atoms with E-state index in [0.717, 1.165) is 0 Å². The molecule has 0 unspecified atom stereocenters. The molecule has 0 N–H and O–H groups in total. The molecule has 0 atom stereocenters. The monoisotopic (exact) mass is 166 g/mol. The van der Waals surface area contributed by atoms with E-state index in [1.807, 2.05) is 23.6 Å². The number of rotatable bonds is 1. The molecule has 12 heavy (non-hydrogen) atoms. The summed E-state index contributed by atoms with van der Waals surface area (Å²) in [6.07, 6.45) is 0. The summed E-state index contributed by atoms with van der Waals surface area (Å²) in [5.41, 5.74) is 2.43. The molecule has 54 valence electrons. The maximum Gasteiger partial charge on any atom is 1.00 e. The Morgan fingerprint density at radius 1 is 1.08 bits per heavy atom. The third-order valence-electron chi connectivity index (χ3n) is 1.55. The smallest absolute Gasteiger partial charge is 0.234 e. The fraction of sp³-hybridized carbons (Fsp3) is 0. The molecule has 0 radical (unpaired) electrons. The van der Waals surface area contributed by atoms with E-state index in [0.29, 0.717) is 0 Å². The van der Waals surface area contributed by atoms with Crippen molar-refractivity contribution in [2.24, 2.45) is 0 Å². The van der Waals surface area contributed by atoms with E-state index in [4.69, 9.17) is 0 Å². The van der Waals surface area contributed by atoms with Crippen molar-refractivity contribution in [2.75, 3.05) is 0 Å². The first-order chi connectivity index (χ1) is 5.47. The molecular weight excluding hydrogens is 159 g/mol. The van der Waals surface area contributed by atoms with E-state index in [9.17, 15) is 0 Å². The quantitative estimate of drug-likeness (QED) is 0.420. The van der Waals surface area contributed by atoms with Gasteiger partial charge in [-0.05, 0) is 0 Å². The summed E-state index contributed by atoms with van der Waals surface area (Å²) >= 11 is 1.68. The fourth-order valence-electron chi connectivity index (χ4n) is 1.00. The summed E-state index contributed by atoms with van der Waals surface area (Å²) in [6, 6.07) is 13.5. The van der Waals surface area contributed by atoms with Gasteiger partial charge >= 0.3 is 18.9 Å². The second-order valence-electron chi connectivity index (χ2n) is 2.30. The minimum absolute atomic E-state index is 0. The van der Waals surface area contributed by atoms with Crippen LogP contribution in [-0.2, 0) is 0 Å². The molecule has 0 saturated carbocycles. The molecule has 2 aromatic rings. The second kappa shape index (κ2) is 4.52. The molecule has 0 aliphatic heterocycles. The third kappa shape index (κ3) is 2.01. The van der Waals surface area contributed by atoms with Gasteiger partial charge in [-0.25, -0.2) is 11.3 Å². The molecule has 0 nitrogen and oxygen atoms in total. The van der Waals surface area contributed by atoms with Crippen LogP contribution in [0.1, 0.15) is 0 Å². The van der Waals surface area contributed by atoms with Crippen LogP contribution in [0, 0.1) is 6.07 Å². The minimum Gasteiger partial charge on any atom is -0.234 e. The Morgan fingerprint density at radius 3 is 2.42 bits per heavy atom. The number of hydrogen-bond acceptors (Lipinski definition) is 1. The van der Waals surface area contributed by atoms with Crippen LogP contribution in [0.3, 0.4) is 0 Å². The summed E-state index contributed by atoms with van der Waals surface area (Å²) in [4.78, 5) is 0. The Labute approximate surface area is 88.4 Å². The maximum atomic E-state index is 3.17. The van der Waals surface area contributed by atoms with Crippen LogP contribution in [-0.4, -0.2) is 0 Å². The summed E-state index contributed by atoms with van der Waals surface area (Å²) in [6.45, 7) is 0. The predicted octanol–water partition coefficient (Wildman–Crippen LogP) is 0.219. The van der Waals surface area contributed by atoms with E-state index in [1.54, 1.807) is 11.3 Å². The van der Waals surface area contributed by atoms with Crippen LogP contribution in [0.5, 0.6) is 0 Å². The van der Waals surface area contributed by atoms with Crippen molar-refractivity contribution in [3.63, 3.8) is 0 Å². The molecular formula is C10H7LiS. The normalized spacial score (nSPS) is 9.00. The molecule has 1 heterocycles. The van der Waals surface area contributed by atoms with Crippen molar-refractivity contribution in [1.82, 2.24) is 0 Å². The van der Waals surface area contributed by atoms with Gasteiger partial charge in [0.1, 0.15) is 0 Å². The molecule has 0 spiro atoms. The Balaban J connectivity index is 0.000000720. The molecule has 0 bridgehead atoms. The molecule has 1 aromatic heterocycles. The van der Waals surface area contributed by atoms with Crippen LogP contribution in [0.15, 0.2) is 41.1 Å². The first-order valence-electron chi connectivity index (χ1n) is 3.46. The van der Waals surface area contributed by atoms with Gasteiger partial charge < -0.3 is 0 Å². The average Bonchev–Trinajstić information content (AvgIpc) is 2.58. The van der Waals surface area contributed by atoms with Crippen molar-refractivity contribution in [3.8, 4) is 11.1 Å². The molecule has 0 aliphatic rings. The summed E-state index contributed by atoms with van der Waals surface area (Å²) < 4.78 is 0. The van der Waals surface area contributed by atoms with Crippen LogP contribution >= 0.6 is 11.3 Å². The SMILES string of the molecule is [Li+].[c-]1cscc1-c1ccccc1. The van der Waals surface area contributed by atoms with Crippen LogP contribution in [0.4, 0.5) is 0 Å². The summed E-state index contributed by atoms with van der Waals surface area (Å²) in [5, 5.41) is 4.08. The number of benzene rings is 1. The van der Waals surface area contributed by atoms with Gasteiger partial charge in [0, 0.05) is 0 Å². The Kier molecular flexibility index (Phi) is 3.62. The van der Waals surface area contributed by atoms with E-state index in [-0.39, 0.29) is 18.9 Å². The first kappa shape index (κ1) is 9.60. The van der Waals surface area contributed by atoms with Gasteiger partial charge in [0.2, 0.25) is 0 Å². The van der Waals surface area contributed by atoms with Gasteiger partial charge in [-0.2, -0.15) is 11.6 Å². The molecule has 1 aromatic carbocycles. The largest absolute Gasteiger partial charge is 1.00 e. The second-order valence-corrected chi connectivity index (χ2v) is 3.04. The van der Waals surface area contributed by atoms with Crippen LogP contribution in [0.25, 0.3) is 11.1 Å². The van der Waals surface area contributed by atoms with E-state index < -0.39 is 0 Å². The molecule has 0 fully saturated rings. The van der Waals surface area contributed by atoms with Gasteiger partial charge in [0.15, 0.2) is 0 Å². The van der Waals surface area contributed by atoms with E-state index >= 15 is 0 Å². The Hall–Kier alpha value is -0.483. The fourth-order valence-corrected chi connectivity index (χ4v) is 1.61. The van der Waals surface area contributed by atoms with Crippen LogP contribution in [0.2, 0.25) is 0 Å². The number of hydrogen-bond donors (Lipinski definition) is 0. The standard InChI is InChI=1S/C10H7S.Li/c1-2-4-9(5-3-1)10-6-7-11-8-10;/h1-5,7-8H;/q-1;+1. The molecule has 2 heteroatoms. The molecule has 0 saturated heterocycles. The molecule has 0 amide bonds. The zero-order valence-corrected chi connectivity index (χ0v) is 7.77. The van der Waals surface area contributed by atoms with Crippen molar-refractivity contribution in [3.05, 3.63) is 47.2 Å². The van der Waals surface area contributed by atoms with Gasteiger partial charge in [-0.3, -0.25) is 0 Å². The zero-order valence-electron chi connectivity index (χ0n) is 6.95. The maximum absolute atomic E-state index is 3.17. The van der Waals surface area contributed by atoms with Gasteiger partial charge in [-0.1, -0.05) is 23.6 Å². The van der Waals surface area contributed by atoms with Gasteiger partial charge in [-0.15, -0.1) is 23.1 Å². The molecule has 2 rings (SSSR count). The van der Waals surface area contributed by atoms with Crippen molar-refractivity contribution >= 4 is 11.3 Å². The Morgan fingerprint density at radius 2 is 1.83 bits per heavy atom. The van der Waals surface area contributed by atoms with Gasteiger partial charge in [0.25, 0.3) is 0 Å². The van der Waals surface area contributed by atoms with Crippen LogP contribution < -0.4 is 18.9 Å². The van der Waals surface area contributed by atoms with E-state index in [2.05, 4.69) is 23.6 Å². The summed E-state index contributed by atoms with van der Waals surface area (Å²) in [7, 11) is 0. The zero-order chi connectivity index (χ0) is 7.52. The van der Waals surface area contributed by atoms with Gasteiger partial charge in [0.05, 0.1) is 0 Å². The third-order valence-corrected chi connectivity index (χ3v) is 2.18. The van der Waals surface area contributed by atoms with Crippen molar-refractivity contribution in [2.45, 2.75) is 0 Å². The average molecular weight is 166 g/mol. The summed E-state index contributed by atoms with van der Waals surface area (Å²) in [5.74, 6) is 0. The van der Waals surface area contributed by atoms with E-state index in [1.165, 1.54) is 11.1 Å². The number of thiophene rings is 1. The van der Waals surface area contributed by atoms with Crippen molar-refractivity contribution in [1.29, 1.82) is 0 Å². The molecule has 0 aliphatic carbocycles.